The van der Waals surface area contributed by atoms with Crippen LogP contribution in [0.3, 0.4) is 0 Å². The van der Waals surface area contributed by atoms with Crippen molar-refractivity contribution in [3.63, 3.8) is 0 Å². The molecule has 0 bridgehead atoms. The average Bonchev–Trinajstić information content (AvgIpc) is 3.31. The van der Waals surface area contributed by atoms with Crippen LogP contribution in [-0.4, -0.2) is 37.1 Å². The monoisotopic (exact) mass is 472 g/mol. The van der Waals surface area contributed by atoms with Crippen LogP contribution in [0.2, 0.25) is 0 Å². The third-order valence-electron chi connectivity index (χ3n) is 4.93. The van der Waals surface area contributed by atoms with E-state index in [1.165, 1.54) is 11.1 Å². The van der Waals surface area contributed by atoms with Crippen molar-refractivity contribution < 1.29 is 23.1 Å². The summed E-state index contributed by atoms with van der Waals surface area (Å²) in [4.78, 5) is 17.2. The molecule has 7 nitrogen and oxygen atoms in total. The van der Waals surface area contributed by atoms with E-state index < -0.39 is 7.60 Å². The zero-order valence-corrected chi connectivity index (χ0v) is 19.7. The fraction of sp³-hybridized carbons (Fsp3) is 0.304. The molecule has 0 fully saturated rings. The Labute approximate surface area is 191 Å². The normalized spacial score (nSPS) is 16.8. The van der Waals surface area contributed by atoms with Crippen molar-refractivity contribution in [3.8, 4) is 5.75 Å². The molecule has 1 aliphatic heterocycles. The fourth-order valence-corrected chi connectivity index (χ4v) is 6.06. The van der Waals surface area contributed by atoms with Gasteiger partial charge in [-0.15, -0.1) is 0 Å². The van der Waals surface area contributed by atoms with E-state index >= 15 is 0 Å². The van der Waals surface area contributed by atoms with Crippen LogP contribution < -0.4 is 10.1 Å². The molecule has 168 valence electrons. The minimum atomic E-state index is -3.14. The van der Waals surface area contributed by atoms with E-state index in [4.69, 9.17) is 13.8 Å². The van der Waals surface area contributed by atoms with Gasteiger partial charge < -0.3 is 19.1 Å². The largest absolute Gasteiger partial charge is 0.493 e. The van der Waals surface area contributed by atoms with Crippen LogP contribution >= 0.6 is 19.4 Å². The van der Waals surface area contributed by atoms with Crippen molar-refractivity contribution in [1.82, 2.24) is 5.32 Å². The number of aliphatic imine (C=N–C) groups is 1. The number of thioether (sulfide) groups is 1. The molecule has 0 saturated carbocycles. The first kappa shape index (κ1) is 22.8. The number of amidine groups is 1. The van der Waals surface area contributed by atoms with E-state index in [-0.39, 0.29) is 23.9 Å². The number of hydrogen-bond donors (Lipinski definition) is 1. The highest BCUT2D eigenvalue weighted by atomic mass is 32.2. The number of benzene rings is 2. The van der Waals surface area contributed by atoms with Crippen molar-refractivity contribution >= 4 is 36.5 Å². The Bertz CT molecular complexity index is 1090. The third kappa shape index (κ3) is 5.15. The van der Waals surface area contributed by atoms with E-state index in [1.807, 2.05) is 12.1 Å². The fourth-order valence-electron chi connectivity index (χ4n) is 3.51. The third-order valence-corrected chi connectivity index (χ3v) is 8.11. The molecular formula is C23H25N2O5PS. The molecule has 1 aliphatic carbocycles. The van der Waals surface area contributed by atoms with Crippen LogP contribution in [0, 0.1) is 0 Å². The van der Waals surface area contributed by atoms with Crippen LogP contribution in [0.5, 0.6) is 5.75 Å². The molecule has 1 atom stereocenters. The molecule has 1 unspecified atom stereocenters. The van der Waals surface area contributed by atoms with Gasteiger partial charge in [0.25, 0.3) is 5.91 Å². The highest BCUT2D eigenvalue weighted by Crippen LogP contribution is 2.49. The second-order valence-corrected chi connectivity index (χ2v) is 10.4. The molecular weight excluding hydrogens is 447 g/mol. The standard InChI is InChI=1S/C23H25N2O5PS/c1-3-29-31(27,30-4-2)14-13-28-18-11-9-16(10-12-18)22(26)25-23-24-20-15-17-7-5-6-8-19(17)21(20)32-23/h5-12,15,21H,3-4,13-14H2,1-2H3,(H,24,25,26). The van der Waals surface area contributed by atoms with E-state index in [9.17, 15) is 9.36 Å². The topological polar surface area (TPSA) is 86.2 Å². The maximum atomic E-state index is 12.6. The van der Waals surface area contributed by atoms with Gasteiger partial charge in [-0.25, -0.2) is 4.99 Å². The Kier molecular flexibility index (Phi) is 7.16. The second-order valence-electron chi connectivity index (χ2n) is 7.11. The van der Waals surface area contributed by atoms with Crippen molar-refractivity contribution in [3.05, 3.63) is 70.9 Å². The molecule has 0 spiro atoms. The summed E-state index contributed by atoms with van der Waals surface area (Å²) in [7, 11) is -3.14. The molecule has 1 N–H and O–H groups in total. The summed E-state index contributed by atoms with van der Waals surface area (Å²) in [5.41, 5.74) is 3.87. The van der Waals surface area contributed by atoms with Gasteiger partial charge in [-0.3, -0.25) is 9.36 Å². The van der Waals surface area contributed by atoms with Gasteiger partial charge in [0, 0.05) is 5.56 Å². The van der Waals surface area contributed by atoms with Crippen molar-refractivity contribution in [1.29, 1.82) is 0 Å². The molecule has 1 heterocycles. The molecule has 9 heteroatoms. The Morgan fingerprint density at radius 1 is 1.09 bits per heavy atom. The molecule has 0 saturated heterocycles. The lowest BCUT2D eigenvalue weighted by Crippen LogP contribution is -2.27. The highest BCUT2D eigenvalue weighted by molar-refractivity contribution is 8.14. The number of amides is 1. The first-order chi connectivity index (χ1) is 15.5. The summed E-state index contributed by atoms with van der Waals surface area (Å²) in [5, 5.41) is 3.63. The second kappa shape index (κ2) is 10.0. The lowest BCUT2D eigenvalue weighted by Gasteiger charge is -2.17. The van der Waals surface area contributed by atoms with Gasteiger partial charge in [0.1, 0.15) is 5.75 Å². The number of carbonyl (C=O) groups is 1. The highest BCUT2D eigenvalue weighted by Gasteiger charge is 2.33. The van der Waals surface area contributed by atoms with Crippen LogP contribution in [0.25, 0.3) is 6.08 Å². The quantitative estimate of drug-likeness (QED) is 0.501. The van der Waals surface area contributed by atoms with Crippen LogP contribution in [0.4, 0.5) is 0 Å². The van der Waals surface area contributed by atoms with Gasteiger partial charge in [0.05, 0.1) is 36.9 Å². The van der Waals surface area contributed by atoms with Gasteiger partial charge in [0.2, 0.25) is 0 Å². The van der Waals surface area contributed by atoms with Gasteiger partial charge in [-0.05, 0) is 55.3 Å². The number of fused-ring (bicyclic) bond motifs is 3. The number of nitrogens with zero attached hydrogens (tertiary/aromatic N) is 1. The molecule has 4 rings (SSSR count). The molecule has 2 aromatic rings. The summed E-state index contributed by atoms with van der Waals surface area (Å²) in [5.74, 6) is 0.346. The van der Waals surface area contributed by atoms with Crippen molar-refractivity contribution in [2.45, 2.75) is 19.1 Å². The number of rotatable bonds is 9. The smallest absolute Gasteiger partial charge is 0.334 e. The summed E-state index contributed by atoms with van der Waals surface area (Å²) in [6.45, 7) is 4.36. The van der Waals surface area contributed by atoms with E-state index in [2.05, 4.69) is 28.5 Å². The lowest BCUT2D eigenvalue weighted by molar-refractivity contribution is 0.0978. The van der Waals surface area contributed by atoms with Crippen LogP contribution in [0.1, 0.15) is 40.6 Å². The zero-order valence-electron chi connectivity index (χ0n) is 17.9. The first-order valence-corrected chi connectivity index (χ1v) is 13.1. The SMILES string of the molecule is CCOP(=O)(CCOc1ccc(C(=O)NC2=NC3=Cc4ccccc4C3S2)cc1)OCC. The average molecular weight is 473 g/mol. The molecule has 32 heavy (non-hydrogen) atoms. The Hall–Kier alpha value is -2.38. The minimum Gasteiger partial charge on any atom is -0.493 e. The van der Waals surface area contributed by atoms with Crippen molar-refractivity contribution in [2.24, 2.45) is 4.99 Å². The number of ether oxygens (including phenoxy) is 1. The van der Waals surface area contributed by atoms with Gasteiger partial charge in [-0.2, -0.15) is 0 Å². The summed E-state index contributed by atoms with van der Waals surface area (Å²) in [6.07, 6.45) is 2.22. The Morgan fingerprint density at radius 2 is 1.81 bits per heavy atom. The predicted molar refractivity (Wildman–Crippen MR) is 127 cm³/mol. The van der Waals surface area contributed by atoms with Crippen molar-refractivity contribution in [2.75, 3.05) is 26.0 Å². The molecule has 2 aromatic carbocycles. The number of hydrogen-bond acceptors (Lipinski definition) is 7. The van der Waals surface area contributed by atoms with E-state index in [1.54, 1.807) is 49.9 Å². The van der Waals surface area contributed by atoms with E-state index in [0.717, 1.165) is 5.70 Å². The molecule has 0 aromatic heterocycles. The van der Waals surface area contributed by atoms with Crippen LogP contribution in [-0.2, 0) is 13.6 Å². The maximum absolute atomic E-state index is 12.6. The van der Waals surface area contributed by atoms with Gasteiger partial charge in [0.15, 0.2) is 5.17 Å². The van der Waals surface area contributed by atoms with Gasteiger partial charge in [-0.1, -0.05) is 36.0 Å². The Morgan fingerprint density at radius 3 is 2.53 bits per heavy atom. The molecule has 0 radical (unpaired) electrons. The Balaban J connectivity index is 1.30. The summed E-state index contributed by atoms with van der Waals surface area (Å²) >= 11 is 1.55. The maximum Gasteiger partial charge on any atom is 0.334 e. The number of carbonyl (C=O) groups excluding carboxylic acids is 1. The summed E-state index contributed by atoms with van der Waals surface area (Å²) in [6, 6.07) is 15.0. The van der Waals surface area contributed by atoms with E-state index in [0.29, 0.717) is 29.7 Å². The molecule has 2 aliphatic rings. The minimum absolute atomic E-state index is 0.140. The molecule has 1 amide bonds. The first-order valence-electron chi connectivity index (χ1n) is 10.5. The van der Waals surface area contributed by atoms with Crippen LogP contribution in [0.15, 0.2) is 59.2 Å². The summed E-state index contributed by atoms with van der Waals surface area (Å²) < 4.78 is 28.6. The predicted octanol–water partition coefficient (Wildman–Crippen LogP) is 5.26. The number of nitrogens with one attached hydrogen (secondary N) is 1. The lowest BCUT2D eigenvalue weighted by atomic mass is 10.1. The van der Waals surface area contributed by atoms with Gasteiger partial charge >= 0.3 is 7.60 Å². The zero-order chi connectivity index (χ0) is 22.6.